The smallest absolute Gasteiger partial charge is 0.0212 e. The highest BCUT2D eigenvalue weighted by Crippen LogP contribution is 2.39. The van der Waals surface area contributed by atoms with Crippen LogP contribution in [-0.2, 0) is 0 Å². The van der Waals surface area contributed by atoms with Crippen LogP contribution < -0.4 is 0 Å². The zero-order valence-corrected chi connectivity index (χ0v) is 15.5. The Hall–Kier alpha value is -0.120. The van der Waals surface area contributed by atoms with E-state index >= 15 is 0 Å². The maximum Gasteiger partial charge on any atom is 0.0212 e. The molecular weight excluding hydrogens is 258 g/mol. The molecule has 3 aliphatic heterocycles. The molecule has 0 radical (unpaired) electrons. The molecule has 3 fully saturated rings. The zero-order valence-electron chi connectivity index (χ0n) is 15.5. The van der Waals surface area contributed by atoms with Crippen LogP contribution in [0.5, 0.6) is 0 Å². The van der Waals surface area contributed by atoms with Gasteiger partial charge in [0.25, 0.3) is 0 Å². The van der Waals surface area contributed by atoms with E-state index in [0.717, 1.165) is 11.3 Å². The standard InChI is InChI=1S/C14H27N3.2C2H6/c1-3-16-9-14(10-16)11-17(12-14)8-13-4-6-15(2)7-5-13;2*1-2/h13H,3-12H2,1-2H3;2*1-2H3. The minimum absolute atomic E-state index is 0.724. The van der Waals surface area contributed by atoms with Gasteiger partial charge >= 0.3 is 0 Å². The summed E-state index contributed by atoms with van der Waals surface area (Å²) in [5.74, 6) is 0.978. The van der Waals surface area contributed by atoms with Crippen LogP contribution in [-0.4, -0.2) is 74.1 Å². The molecule has 3 saturated heterocycles. The number of hydrogen-bond donors (Lipinski definition) is 0. The third-order valence-corrected chi connectivity index (χ3v) is 5.04. The van der Waals surface area contributed by atoms with E-state index in [4.69, 9.17) is 0 Å². The summed E-state index contributed by atoms with van der Waals surface area (Å²) in [5, 5.41) is 0. The summed E-state index contributed by atoms with van der Waals surface area (Å²) in [4.78, 5) is 7.76. The van der Waals surface area contributed by atoms with E-state index in [9.17, 15) is 0 Å². The van der Waals surface area contributed by atoms with Gasteiger partial charge < -0.3 is 14.7 Å². The molecule has 0 N–H and O–H groups in total. The molecule has 126 valence electrons. The molecule has 3 rings (SSSR count). The van der Waals surface area contributed by atoms with Crippen LogP contribution >= 0.6 is 0 Å². The van der Waals surface area contributed by atoms with Crippen molar-refractivity contribution in [1.29, 1.82) is 0 Å². The molecule has 0 saturated carbocycles. The second-order valence-corrected chi connectivity index (χ2v) is 6.72. The predicted molar refractivity (Wildman–Crippen MR) is 93.9 cm³/mol. The van der Waals surface area contributed by atoms with Gasteiger partial charge in [-0.1, -0.05) is 34.6 Å². The molecule has 3 heterocycles. The predicted octanol–water partition coefficient (Wildman–Crippen LogP) is 3.02. The first kappa shape index (κ1) is 18.9. The minimum atomic E-state index is 0.724. The van der Waals surface area contributed by atoms with Crippen molar-refractivity contribution in [2.24, 2.45) is 11.3 Å². The van der Waals surface area contributed by atoms with Gasteiger partial charge in [0, 0.05) is 38.1 Å². The Labute approximate surface area is 133 Å². The lowest BCUT2D eigenvalue weighted by molar-refractivity contribution is -0.118. The maximum absolute atomic E-state index is 2.71. The highest BCUT2D eigenvalue weighted by Gasteiger charge is 2.50. The Morgan fingerprint density at radius 1 is 0.857 bits per heavy atom. The summed E-state index contributed by atoms with van der Waals surface area (Å²) < 4.78 is 0. The third-order valence-electron chi connectivity index (χ3n) is 5.04. The lowest BCUT2D eigenvalue weighted by Crippen LogP contribution is -2.72. The third kappa shape index (κ3) is 4.94. The summed E-state index contributed by atoms with van der Waals surface area (Å²) in [6.45, 7) is 21.0. The van der Waals surface area contributed by atoms with Gasteiger partial charge in [-0.25, -0.2) is 0 Å². The number of likely N-dealkylation sites (tertiary alicyclic amines) is 3. The van der Waals surface area contributed by atoms with Crippen LogP contribution in [0.3, 0.4) is 0 Å². The lowest BCUT2D eigenvalue weighted by atomic mass is 9.72. The van der Waals surface area contributed by atoms with E-state index in [1.807, 2.05) is 27.7 Å². The second kappa shape index (κ2) is 9.12. The van der Waals surface area contributed by atoms with E-state index in [1.165, 1.54) is 65.2 Å². The molecular formula is C18H39N3. The molecule has 0 atom stereocenters. The molecule has 0 bridgehead atoms. The first-order valence-corrected chi connectivity index (χ1v) is 9.32. The molecule has 21 heavy (non-hydrogen) atoms. The topological polar surface area (TPSA) is 9.72 Å². The van der Waals surface area contributed by atoms with Crippen molar-refractivity contribution >= 4 is 0 Å². The average molecular weight is 298 g/mol. The van der Waals surface area contributed by atoms with Crippen molar-refractivity contribution in [3.8, 4) is 0 Å². The molecule has 0 aromatic rings. The van der Waals surface area contributed by atoms with Gasteiger partial charge in [0.15, 0.2) is 0 Å². The summed E-state index contributed by atoms with van der Waals surface area (Å²) in [5.41, 5.74) is 0.724. The molecule has 0 amide bonds. The quantitative estimate of drug-likeness (QED) is 0.793. The number of hydrogen-bond acceptors (Lipinski definition) is 3. The molecule has 3 aliphatic rings. The fraction of sp³-hybridized carbons (Fsp3) is 1.00. The van der Waals surface area contributed by atoms with Crippen molar-refractivity contribution in [3.05, 3.63) is 0 Å². The van der Waals surface area contributed by atoms with E-state index in [0.29, 0.717) is 0 Å². The van der Waals surface area contributed by atoms with Gasteiger partial charge in [-0.15, -0.1) is 0 Å². The van der Waals surface area contributed by atoms with Crippen LogP contribution in [0, 0.1) is 11.3 Å². The summed E-state index contributed by atoms with van der Waals surface area (Å²) in [7, 11) is 2.25. The summed E-state index contributed by atoms with van der Waals surface area (Å²) >= 11 is 0. The molecule has 1 spiro atoms. The Morgan fingerprint density at radius 3 is 1.81 bits per heavy atom. The number of nitrogens with zero attached hydrogens (tertiary/aromatic N) is 3. The van der Waals surface area contributed by atoms with Crippen molar-refractivity contribution in [2.45, 2.75) is 47.5 Å². The van der Waals surface area contributed by atoms with Crippen LogP contribution in [0.1, 0.15) is 47.5 Å². The highest BCUT2D eigenvalue weighted by molar-refractivity contribution is 5.05. The van der Waals surface area contributed by atoms with Gasteiger partial charge in [0.1, 0.15) is 0 Å². The largest absolute Gasteiger partial charge is 0.306 e. The highest BCUT2D eigenvalue weighted by atomic mass is 15.3. The monoisotopic (exact) mass is 297 g/mol. The van der Waals surface area contributed by atoms with Gasteiger partial charge in [0.05, 0.1) is 0 Å². The Bertz CT molecular complexity index is 258. The van der Waals surface area contributed by atoms with Crippen LogP contribution in [0.2, 0.25) is 0 Å². The van der Waals surface area contributed by atoms with Crippen LogP contribution in [0.15, 0.2) is 0 Å². The van der Waals surface area contributed by atoms with Crippen molar-refractivity contribution in [2.75, 3.05) is 59.4 Å². The average Bonchev–Trinajstić information content (AvgIpc) is 2.46. The van der Waals surface area contributed by atoms with E-state index < -0.39 is 0 Å². The van der Waals surface area contributed by atoms with E-state index in [2.05, 4.69) is 28.7 Å². The van der Waals surface area contributed by atoms with Crippen molar-refractivity contribution in [3.63, 3.8) is 0 Å². The number of rotatable bonds is 3. The summed E-state index contributed by atoms with van der Waals surface area (Å²) in [6, 6.07) is 0. The molecule has 0 aromatic heterocycles. The maximum atomic E-state index is 2.71. The molecule has 3 heteroatoms. The Balaban J connectivity index is 0.000000510. The molecule has 0 unspecified atom stereocenters. The van der Waals surface area contributed by atoms with Crippen molar-refractivity contribution in [1.82, 2.24) is 14.7 Å². The van der Waals surface area contributed by atoms with E-state index in [-0.39, 0.29) is 0 Å². The van der Waals surface area contributed by atoms with Gasteiger partial charge in [0.2, 0.25) is 0 Å². The fourth-order valence-corrected chi connectivity index (χ4v) is 3.97. The van der Waals surface area contributed by atoms with Crippen LogP contribution in [0.25, 0.3) is 0 Å². The Kier molecular flexibility index (Phi) is 8.22. The zero-order chi connectivity index (χ0) is 15.9. The molecule has 0 aromatic carbocycles. The lowest BCUT2D eigenvalue weighted by Gasteiger charge is -2.61. The van der Waals surface area contributed by atoms with E-state index in [1.54, 1.807) is 0 Å². The minimum Gasteiger partial charge on any atom is -0.306 e. The molecule has 0 aliphatic carbocycles. The second-order valence-electron chi connectivity index (χ2n) is 6.72. The van der Waals surface area contributed by atoms with Gasteiger partial charge in [-0.2, -0.15) is 0 Å². The normalized spacial score (nSPS) is 26.0. The van der Waals surface area contributed by atoms with Crippen LogP contribution in [0.4, 0.5) is 0 Å². The van der Waals surface area contributed by atoms with Crippen molar-refractivity contribution < 1.29 is 0 Å². The first-order chi connectivity index (χ1) is 10.2. The SMILES string of the molecule is CC.CC.CCN1CC2(C1)CN(CC1CCN(C)CC1)C2. The van der Waals surface area contributed by atoms with Gasteiger partial charge in [-0.3, -0.25) is 0 Å². The Morgan fingerprint density at radius 2 is 1.33 bits per heavy atom. The molecule has 3 nitrogen and oxygen atoms in total. The fourth-order valence-electron chi connectivity index (χ4n) is 3.97. The first-order valence-electron chi connectivity index (χ1n) is 9.32. The summed E-state index contributed by atoms with van der Waals surface area (Å²) in [6.07, 6.45) is 2.84. The van der Waals surface area contributed by atoms with Gasteiger partial charge in [-0.05, 0) is 45.4 Å². The number of piperidine rings is 1.